The van der Waals surface area contributed by atoms with E-state index in [0.29, 0.717) is 12.0 Å². The van der Waals surface area contributed by atoms with E-state index >= 15 is 0 Å². The van der Waals surface area contributed by atoms with Gasteiger partial charge in [-0.05, 0) is 78.6 Å². The van der Waals surface area contributed by atoms with E-state index in [4.69, 9.17) is 4.84 Å². The zero-order chi connectivity index (χ0) is 15.7. The molecule has 1 aromatic rings. The minimum absolute atomic E-state index is 0.517. The largest absolute Gasteiger partial charge is 0.297 e. The Morgan fingerprint density at radius 2 is 2.05 bits per heavy atom. The van der Waals surface area contributed by atoms with Crippen LogP contribution < -0.4 is 5.48 Å². The lowest BCUT2D eigenvalue weighted by Gasteiger charge is -2.40. The van der Waals surface area contributed by atoms with Gasteiger partial charge in [-0.1, -0.05) is 19.1 Å². The predicted molar refractivity (Wildman–Crippen MR) is 98.6 cm³/mol. The fourth-order valence-corrected chi connectivity index (χ4v) is 4.54. The Bertz CT molecular complexity index is 555. The third kappa shape index (κ3) is 2.93. The number of benzene rings is 1. The van der Waals surface area contributed by atoms with Gasteiger partial charge in [0.2, 0.25) is 0 Å². The third-order valence-electron chi connectivity index (χ3n) is 5.28. The number of nitrogens with zero attached hydrogens (tertiary/aromatic N) is 1. The second kappa shape index (κ2) is 6.89. The molecule has 1 unspecified atom stereocenters. The average Bonchev–Trinajstić information content (AvgIpc) is 2.76. The number of fused-ring (bicyclic) bond motifs is 2. The van der Waals surface area contributed by atoms with Crippen LogP contribution in [0, 0.1) is 3.57 Å². The van der Waals surface area contributed by atoms with Crippen molar-refractivity contribution in [2.45, 2.75) is 50.6 Å². The van der Waals surface area contributed by atoms with Crippen LogP contribution in [0.15, 0.2) is 35.5 Å². The highest BCUT2D eigenvalue weighted by molar-refractivity contribution is 14.1. The van der Waals surface area contributed by atoms with Crippen molar-refractivity contribution in [2.75, 3.05) is 14.2 Å². The first kappa shape index (κ1) is 16.3. The normalized spacial score (nSPS) is 30.5. The van der Waals surface area contributed by atoms with Crippen LogP contribution >= 0.6 is 22.6 Å². The molecule has 1 N–H and O–H groups in total. The Morgan fingerprint density at radius 1 is 1.32 bits per heavy atom. The van der Waals surface area contributed by atoms with E-state index in [1.165, 1.54) is 34.1 Å². The Hall–Kier alpha value is -0.590. The number of hydrogen-bond donors (Lipinski definition) is 1. The van der Waals surface area contributed by atoms with E-state index in [-0.39, 0.29) is 0 Å². The van der Waals surface area contributed by atoms with Gasteiger partial charge in [0.25, 0.3) is 0 Å². The molecule has 3 rings (SSSR count). The summed E-state index contributed by atoms with van der Waals surface area (Å²) in [5.41, 5.74) is 7.43. The maximum absolute atomic E-state index is 5.27. The topological polar surface area (TPSA) is 24.5 Å². The van der Waals surface area contributed by atoms with Crippen molar-refractivity contribution < 1.29 is 4.84 Å². The molecule has 120 valence electrons. The van der Waals surface area contributed by atoms with E-state index in [1.807, 2.05) is 0 Å². The summed E-state index contributed by atoms with van der Waals surface area (Å²) in [6.07, 6.45) is 4.79. The number of nitrogens with one attached hydrogen (secondary N) is 1. The molecular formula is C18H25IN2O. The van der Waals surface area contributed by atoms with Gasteiger partial charge in [0.05, 0.1) is 7.11 Å². The number of hydroxylamine groups is 1. The molecule has 1 aromatic carbocycles. The van der Waals surface area contributed by atoms with Gasteiger partial charge in [-0.2, -0.15) is 0 Å². The lowest BCUT2D eigenvalue weighted by atomic mass is 9.79. The number of hydrogen-bond acceptors (Lipinski definition) is 3. The Kier molecular flexibility index (Phi) is 5.10. The predicted octanol–water partition coefficient (Wildman–Crippen LogP) is 4.06. The maximum Gasteiger partial charge on any atom is 0.0636 e. The lowest BCUT2D eigenvalue weighted by Crippen LogP contribution is -2.42. The molecule has 2 aliphatic rings. The van der Waals surface area contributed by atoms with Crippen LogP contribution in [0.3, 0.4) is 0 Å². The van der Waals surface area contributed by atoms with E-state index in [1.54, 1.807) is 12.7 Å². The van der Waals surface area contributed by atoms with Gasteiger partial charge >= 0.3 is 0 Å². The number of halogens is 1. The zero-order valence-electron chi connectivity index (χ0n) is 13.6. The highest BCUT2D eigenvalue weighted by Crippen LogP contribution is 2.47. The van der Waals surface area contributed by atoms with Crippen molar-refractivity contribution in [3.8, 4) is 0 Å². The van der Waals surface area contributed by atoms with Crippen molar-refractivity contribution in [1.82, 2.24) is 10.4 Å². The molecule has 0 amide bonds. The second-order valence-electron chi connectivity index (χ2n) is 6.35. The average molecular weight is 412 g/mol. The summed E-state index contributed by atoms with van der Waals surface area (Å²) in [5, 5.41) is 0. The van der Waals surface area contributed by atoms with Crippen LogP contribution in [0.25, 0.3) is 0 Å². The van der Waals surface area contributed by atoms with Crippen LogP contribution in [-0.2, 0) is 4.84 Å². The maximum atomic E-state index is 5.27. The van der Waals surface area contributed by atoms with Crippen LogP contribution in [0.2, 0.25) is 0 Å². The fourth-order valence-electron chi connectivity index (χ4n) is 4.18. The van der Waals surface area contributed by atoms with Gasteiger partial charge in [-0.15, -0.1) is 0 Å². The minimum atomic E-state index is 0.517. The molecule has 2 saturated heterocycles. The molecule has 0 aromatic heterocycles. The highest BCUT2D eigenvalue weighted by atomic mass is 127. The molecular weight excluding hydrogens is 387 g/mol. The first-order valence-electron chi connectivity index (χ1n) is 8.15. The minimum Gasteiger partial charge on any atom is -0.297 e. The van der Waals surface area contributed by atoms with E-state index < -0.39 is 0 Å². The van der Waals surface area contributed by atoms with Gasteiger partial charge in [0, 0.05) is 27.3 Å². The second-order valence-corrected chi connectivity index (χ2v) is 7.59. The van der Waals surface area contributed by atoms with Gasteiger partial charge in [0.1, 0.15) is 0 Å². The van der Waals surface area contributed by atoms with E-state index in [2.05, 4.69) is 71.2 Å². The van der Waals surface area contributed by atoms with Crippen molar-refractivity contribution in [1.29, 1.82) is 0 Å². The van der Waals surface area contributed by atoms with E-state index in [9.17, 15) is 0 Å². The summed E-state index contributed by atoms with van der Waals surface area (Å²) in [5.74, 6) is 0.517. The van der Waals surface area contributed by atoms with Crippen LogP contribution in [0.4, 0.5) is 0 Å². The van der Waals surface area contributed by atoms with E-state index in [0.717, 1.165) is 12.5 Å². The number of likely N-dealkylation sites (N-methyl/N-ethyl adjacent to an activating group) is 1. The van der Waals surface area contributed by atoms with Crippen LogP contribution in [0.5, 0.6) is 0 Å². The zero-order valence-corrected chi connectivity index (χ0v) is 15.8. The summed E-state index contributed by atoms with van der Waals surface area (Å²) < 4.78 is 1.30. The van der Waals surface area contributed by atoms with Crippen molar-refractivity contribution in [3.63, 3.8) is 0 Å². The molecule has 0 saturated carbocycles. The standard InChI is InChI=1S/C18H25IN2O/c1-4-16(20-22-3)18-15(12-5-7-13(19)8-6-12)11-14-9-10-17(18)21(14)2/h5-8,14-15,17,20H,4,9-11H2,1-3H3/t14?,15-,17+/m0/s1. The first-order chi connectivity index (χ1) is 10.7. The summed E-state index contributed by atoms with van der Waals surface area (Å²) in [6, 6.07) is 10.3. The third-order valence-corrected chi connectivity index (χ3v) is 6.00. The molecule has 0 spiro atoms. The molecule has 0 radical (unpaired) electrons. The molecule has 22 heavy (non-hydrogen) atoms. The van der Waals surface area contributed by atoms with Gasteiger partial charge in [-0.25, -0.2) is 0 Å². The quantitative estimate of drug-likeness (QED) is 0.597. The Morgan fingerprint density at radius 3 is 2.68 bits per heavy atom. The molecule has 2 fully saturated rings. The first-order valence-corrected chi connectivity index (χ1v) is 9.22. The Balaban J connectivity index is 2.04. The SMILES string of the molecule is CCC(NOC)=C1[C@H](c2ccc(I)cc2)CC2CC[C@H]1N2C. The summed E-state index contributed by atoms with van der Waals surface area (Å²) in [6.45, 7) is 2.21. The van der Waals surface area contributed by atoms with Crippen LogP contribution in [0.1, 0.15) is 44.1 Å². The van der Waals surface area contributed by atoms with Crippen molar-refractivity contribution in [3.05, 3.63) is 44.7 Å². The molecule has 4 heteroatoms. The van der Waals surface area contributed by atoms with Gasteiger partial charge < -0.3 is 0 Å². The molecule has 3 atom stereocenters. The van der Waals surface area contributed by atoms with Crippen molar-refractivity contribution in [2.24, 2.45) is 0 Å². The number of piperidine rings is 1. The number of allylic oxidation sites excluding steroid dienone is 1. The number of rotatable bonds is 4. The van der Waals surface area contributed by atoms with Crippen molar-refractivity contribution >= 4 is 22.6 Å². The van der Waals surface area contributed by atoms with Gasteiger partial charge in [-0.3, -0.25) is 15.2 Å². The lowest BCUT2D eigenvalue weighted by molar-refractivity contribution is 0.110. The summed E-state index contributed by atoms with van der Waals surface area (Å²) >= 11 is 2.38. The molecule has 2 bridgehead atoms. The summed E-state index contributed by atoms with van der Waals surface area (Å²) in [7, 11) is 3.99. The molecule has 0 aliphatic carbocycles. The Labute approximate surface area is 147 Å². The monoisotopic (exact) mass is 412 g/mol. The molecule has 2 aliphatic heterocycles. The molecule has 3 nitrogen and oxygen atoms in total. The molecule has 2 heterocycles. The van der Waals surface area contributed by atoms with Crippen LogP contribution in [-0.4, -0.2) is 31.1 Å². The smallest absolute Gasteiger partial charge is 0.0636 e. The summed E-state index contributed by atoms with van der Waals surface area (Å²) in [4.78, 5) is 7.84. The fraction of sp³-hybridized carbons (Fsp3) is 0.556. The van der Waals surface area contributed by atoms with Gasteiger partial charge in [0.15, 0.2) is 0 Å². The highest BCUT2D eigenvalue weighted by Gasteiger charge is 2.43.